The molecular weight excluding hydrogens is 499 g/mol. The number of nitrogens with zero attached hydrogens (tertiary/aromatic N) is 1. The van der Waals surface area contributed by atoms with Crippen molar-refractivity contribution < 1.29 is 42.3 Å². The Hall–Kier alpha value is -3.38. The number of halogens is 1. The lowest BCUT2D eigenvalue weighted by molar-refractivity contribution is -0.761. The molecule has 2 fully saturated rings. The standard InChI is InChI=1S/C26H35FN4O7/c1-6-37-19-14-20(33)38-23(19)30-25(36)31(11-7-8-12-31)24(35)21(26(3,4)5)29-22(34)17-10-9-16(13-18(17)27)28-15(2)32/h9-10,13,19,21,23H,6-8,11-12,14H2,1-5H3,(H2-,28,29,30,32,34,36)/p+1/t19-,21+,23+/m0/s1. The van der Waals surface area contributed by atoms with Gasteiger partial charge in [-0.25, -0.2) is 14.0 Å². The molecule has 208 valence electrons. The van der Waals surface area contributed by atoms with Gasteiger partial charge < -0.3 is 20.1 Å². The van der Waals surface area contributed by atoms with Gasteiger partial charge in [0.1, 0.15) is 11.9 Å². The number of cyclic esters (lactones) is 1. The number of imide groups is 1. The summed E-state index contributed by atoms with van der Waals surface area (Å²) in [4.78, 5) is 63.8. The molecule has 0 spiro atoms. The molecule has 3 N–H and O–H groups in total. The summed E-state index contributed by atoms with van der Waals surface area (Å²) in [6.45, 7) is 8.96. The highest BCUT2D eigenvalue weighted by Gasteiger charge is 2.54. The normalized spacial score (nSPS) is 21.4. The van der Waals surface area contributed by atoms with Crippen LogP contribution in [0.2, 0.25) is 0 Å². The first-order valence-corrected chi connectivity index (χ1v) is 12.7. The highest BCUT2D eigenvalue weighted by Crippen LogP contribution is 2.30. The van der Waals surface area contributed by atoms with Crippen LogP contribution in [-0.4, -0.2) is 72.3 Å². The van der Waals surface area contributed by atoms with E-state index in [4.69, 9.17) is 9.47 Å². The first-order valence-electron chi connectivity index (χ1n) is 12.7. The fourth-order valence-electron chi connectivity index (χ4n) is 4.75. The number of carbonyl (C=O) groups is 5. The van der Waals surface area contributed by atoms with Crippen molar-refractivity contribution in [3.63, 3.8) is 0 Å². The van der Waals surface area contributed by atoms with Crippen LogP contribution in [0.4, 0.5) is 14.9 Å². The maximum absolute atomic E-state index is 14.7. The molecule has 0 unspecified atom stereocenters. The SMILES string of the molecule is CCO[C@H]1CC(=O)O[C@H]1NC(=O)[N+]1(C(=O)[C@@H](NC(=O)c2ccc(NC(C)=O)cc2F)C(C)(C)C)CCCC1. The minimum absolute atomic E-state index is 0.0142. The Morgan fingerprint density at radius 1 is 1.18 bits per heavy atom. The monoisotopic (exact) mass is 535 g/mol. The quantitative estimate of drug-likeness (QED) is 0.360. The molecule has 2 aliphatic heterocycles. The van der Waals surface area contributed by atoms with Gasteiger partial charge in [0.25, 0.3) is 5.91 Å². The van der Waals surface area contributed by atoms with Gasteiger partial charge in [-0.15, -0.1) is 0 Å². The average Bonchev–Trinajstić information content (AvgIpc) is 3.44. The molecule has 2 saturated heterocycles. The van der Waals surface area contributed by atoms with Crippen LogP contribution in [0.3, 0.4) is 0 Å². The summed E-state index contributed by atoms with van der Waals surface area (Å²) in [6.07, 6.45) is -0.516. The van der Waals surface area contributed by atoms with Gasteiger partial charge in [-0.2, -0.15) is 4.48 Å². The minimum Gasteiger partial charge on any atom is -0.439 e. The molecule has 38 heavy (non-hydrogen) atoms. The van der Waals surface area contributed by atoms with E-state index >= 15 is 0 Å². The summed E-state index contributed by atoms with van der Waals surface area (Å²) >= 11 is 0. The summed E-state index contributed by atoms with van der Waals surface area (Å²) in [5, 5.41) is 7.75. The van der Waals surface area contributed by atoms with Crippen LogP contribution in [0, 0.1) is 11.2 Å². The molecule has 1 aromatic carbocycles. The summed E-state index contributed by atoms with van der Waals surface area (Å²) in [5.41, 5.74) is -0.955. The molecule has 5 amide bonds. The number of anilines is 1. The van der Waals surface area contributed by atoms with Gasteiger partial charge in [0.05, 0.1) is 25.1 Å². The van der Waals surface area contributed by atoms with Crippen molar-refractivity contribution in [3.8, 4) is 0 Å². The van der Waals surface area contributed by atoms with Gasteiger partial charge in [-0.3, -0.25) is 19.7 Å². The molecular formula is C26H36FN4O7+. The number of likely N-dealkylation sites (tertiary alicyclic amines) is 1. The lowest BCUT2D eigenvalue weighted by Gasteiger charge is -2.37. The highest BCUT2D eigenvalue weighted by atomic mass is 19.1. The molecule has 3 atom stereocenters. The van der Waals surface area contributed by atoms with E-state index in [-0.39, 0.29) is 30.8 Å². The topological polar surface area (TPSA) is 140 Å². The van der Waals surface area contributed by atoms with Crippen molar-refractivity contribution in [2.75, 3.05) is 25.0 Å². The fourth-order valence-corrected chi connectivity index (χ4v) is 4.75. The zero-order chi connectivity index (χ0) is 28.3. The molecule has 0 aromatic heterocycles. The van der Waals surface area contributed by atoms with Crippen molar-refractivity contribution >= 4 is 35.4 Å². The number of benzene rings is 1. The third-order valence-corrected chi connectivity index (χ3v) is 6.67. The molecule has 11 nitrogen and oxygen atoms in total. The molecule has 12 heteroatoms. The van der Waals surface area contributed by atoms with Gasteiger partial charge in [-0.1, -0.05) is 20.8 Å². The Labute approximate surface area is 221 Å². The molecule has 0 aliphatic carbocycles. The zero-order valence-electron chi connectivity index (χ0n) is 22.4. The maximum atomic E-state index is 14.7. The van der Waals surface area contributed by atoms with E-state index in [0.29, 0.717) is 19.4 Å². The zero-order valence-corrected chi connectivity index (χ0v) is 22.4. The number of quaternary nitrogens is 1. The number of amides is 5. The minimum atomic E-state index is -1.15. The van der Waals surface area contributed by atoms with Crippen molar-refractivity contribution in [2.45, 2.75) is 72.3 Å². The summed E-state index contributed by atoms with van der Waals surface area (Å²) in [7, 11) is 0. The van der Waals surface area contributed by atoms with Gasteiger partial charge >= 0.3 is 17.9 Å². The van der Waals surface area contributed by atoms with E-state index in [1.807, 2.05) is 0 Å². The molecule has 0 radical (unpaired) electrons. The molecule has 0 bridgehead atoms. The van der Waals surface area contributed by atoms with Crippen LogP contribution in [0.5, 0.6) is 0 Å². The summed E-state index contributed by atoms with van der Waals surface area (Å²) < 4.78 is 24.9. The maximum Gasteiger partial charge on any atom is 0.427 e. The smallest absolute Gasteiger partial charge is 0.427 e. The number of urea groups is 1. The van der Waals surface area contributed by atoms with E-state index in [1.54, 1.807) is 27.7 Å². The van der Waals surface area contributed by atoms with Crippen LogP contribution in [0.15, 0.2) is 18.2 Å². The Kier molecular flexibility index (Phi) is 8.88. The van der Waals surface area contributed by atoms with Gasteiger partial charge in [-0.05, 0) is 30.5 Å². The van der Waals surface area contributed by atoms with Crippen LogP contribution < -0.4 is 16.0 Å². The number of rotatable bonds is 7. The van der Waals surface area contributed by atoms with E-state index < -0.39 is 63.8 Å². The van der Waals surface area contributed by atoms with Crippen molar-refractivity contribution in [1.29, 1.82) is 0 Å². The van der Waals surface area contributed by atoms with Crippen LogP contribution in [0.25, 0.3) is 0 Å². The second-order valence-corrected chi connectivity index (χ2v) is 10.7. The predicted octanol–water partition coefficient (Wildman–Crippen LogP) is 2.45. The highest BCUT2D eigenvalue weighted by molar-refractivity contribution is 5.99. The molecule has 2 heterocycles. The number of hydrogen-bond donors (Lipinski definition) is 3. The Morgan fingerprint density at radius 2 is 1.84 bits per heavy atom. The predicted molar refractivity (Wildman–Crippen MR) is 134 cm³/mol. The lowest BCUT2D eigenvalue weighted by Crippen LogP contribution is -2.68. The van der Waals surface area contributed by atoms with Crippen LogP contribution >= 0.6 is 0 Å². The third kappa shape index (κ3) is 6.36. The van der Waals surface area contributed by atoms with Crippen LogP contribution in [0.1, 0.15) is 64.2 Å². The van der Waals surface area contributed by atoms with Crippen molar-refractivity contribution in [3.05, 3.63) is 29.6 Å². The second-order valence-electron chi connectivity index (χ2n) is 10.7. The number of hydrogen-bond acceptors (Lipinski definition) is 7. The second kappa shape index (κ2) is 11.6. The van der Waals surface area contributed by atoms with Crippen molar-refractivity contribution in [1.82, 2.24) is 10.6 Å². The summed E-state index contributed by atoms with van der Waals surface area (Å²) in [5.74, 6) is -3.16. The largest absolute Gasteiger partial charge is 0.439 e. The third-order valence-electron chi connectivity index (χ3n) is 6.67. The molecule has 0 saturated carbocycles. The van der Waals surface area contributed by atoms with Crippen LogP contribution in [-0.2, 0) is 23.9 Å². The molecule has 3 rings (SSSR count). The van der Waals surface area contributed by atoms with E-state index in [2.05, 4.69) is 16.0 Å². The number of carbonyl (C=O) groups excluding carboxylic acids is 5. The van der Waals surface area contributed by atoms with E-state index in [1.165, 1.54) is 19.1 Å². The van der Waals surface area contributed by atoms with E-state index in [9.17, 15) is 28.4 Å². The fraction of sp³-hybridized carbons (Fsp3) is 0.577. The number of nitrogens with one attached hydrogen (secondary N) is 3. The number of ether oxygens (including phenoxy) is 2. The molecule has 1 aromatic rings. The summed E-state index contributed by atoms with van der Waals surface area (Å²) in [6, 6.07) is 1.82. The average molecular weight is 536 g/mol. The Bertz CT molecular complexity index is 1110. The van der Waals surface area contributed by atoms with Gasteiger partial charge in [0.15, 0.2) is 6.04 Å². The van der Waals surface area contributed by atoms with Gasteiger partial charge in [0.2, 0.25) is 12.1 Å². The van der Waals surface area contributed by atoms with Gasteiger partial charge in [0, 0.05) is 32.1 Å². The Morgan fingerprint density at radius 3 is 2.39 bits per heavy atom. The van der Waals surface area contributed by atoms with E-state index in [0.717, 1.165) is 6.07 Å². The lowest BCUT2D eigenvalue weighted by atomic mass is 9.85. The first-order chi connectivity index (χ1) is 17.8. The molecule has 2 aliphatic rings. The number of esters is 1. The Balaban J connectivity index is 1.85. The first kappa shape index (κ1) is 29.2. The van der Waals surface area contributed by atoms with Crippen molar-refractivity contribution in [2.24, 2.45) is 5.41 Å².